The zero-order valence-electron chi connectivity index (χ0n) is 8.54. The van der Waals surface area contributed by atoms with Crippen molar-refractivity contribution in [3.63, 3.8) is 0 Å². The Kier molecular flexibility index (Phi) is 2.54. The van der Waals surface area contributed by atoms with Crippen LogP contribution in [0.5, 0.6) is 0 Å². The Morgan fingerprint density at radius 1 is 1.56 bits per heavy atom. The summed E-state index contributed by atoms with van der Waals surface area (Å²) < 4.78 is 0. The van der Waals surface area contributed by atoms with Crippen molar-refractivity contribution >= 4 is 17.3 Å². The number of hydrogen-bond donors (Lipinski definition) is 4. The zero-order chi connectivity index (χ0) is 12.1. The lowest BCUT2D eigenvalue weighted by Gasteiger charge is -2.34. The molecule has 0 radical (unpaired) electrons. The monoisotopic (exact) mass is 244 g/mol. The first-order valence-corrected chi connectivity index (χ1v) is 5.60. The van der Waals surface area contributed by atoms with Gasteiger partial charge in [-0.25, -0.2) is 4.79 Å². The third kappa shape index (κ3) is 1.46. The average molecular weight is 244 g/mol. The van der Waals surface area contributed by atoms with Crippen LogP contribution >= 0.6 is 11.3 Å². The van der Waals surface area contributed by atoms with Gasteiger partial charge in [0, 0.05) is 21.7 Å². The van der Waals surface area contributed by atoms with E-state index >= 15 is 0 Å². The summed E-state index contributed by atoms with van der Waals surface area (Å²) in [5.74, 6) is -1.41. The molecule has 2 rings (SSSR count). The van der Waals surface area contributed by atoms with Gasteiger partial charge >= 0.3 is 5.97 Å². The molecule has 0 aromatic carbocycles. The first-order valence-electron chi connectivity index (χ1n) is 4.79. The second kappa shape index (κ2) is 3.53. The summed E-state index contributed by atoms with van der Waals surface area (Å²) in [4.78, 5) is 12.2. The molecule has 0 unspecified atom stereocenters. The van der Waals surface area contributed by atoms with Crippen LogP contribution < -0.4 is 0 Å². The summed E-state index contributed by atoms with van der Waals surface area (Å²) >= 11 is 1.19. The van der Waals surface area contributed by atoms with Crippen LogP contribution in [0.2, 0.25) is 0 Å². The summed E-state index contributed by atoms with van der Waals surface area (Å²) in [5.41, 5.74) is -1.90. The number of aliphatic hydroxyl groups excluding tert-OH is 2. The van der Waals surface area contributed by atoms with Crippen LogP contribution in [-0.2, 0) is 10.4 Å². The Labute approximate surface area is 95.6 Å². The van der Waals surface area contributed by atoms with E-state index in [2.05, 4.69) is 0 Å². The number of fused-ring (bicyclic) bond motifs is 1. The fraction of sp³-hybridized carbons (Fsp3) is 0.500. The Morgan fingerprint density at radius 2 is 2.19 bits per heavy atom. The lowest BCUT2D eigenvalue weighted by molar-refractivity contribution is -0.168. The molecule has 1 aromatic rings. The minimum absolute atomic E-state index is 0.195. The summed E-state index contributed by atoms with van der Waals surface area (Å²) in [7, 11) is 0. The molecule has 3 atom stereocenters. The number of carboxylic acid groups (broad SMARTS) is 1. The number of aryl methyl sites for hydroxylation is 1. The molecule has 6 heteroatoms. The van der Waals surface area contributed by atoms with Crippen molar-refractivity contribution in [1.82, 2.24) is 0 Å². The Morgan fingerprint density at radius 3 is 2.75 bits per heavy atom. The highest BCUT2D eigenvalue weighted by molar-refractivity contribution is 7.12. The van der Waals surface area contributed by atoms with Gasteiger partial charge < -0.3 is 20.4 Å². The van der Waals surface area contributed by atoms with Crippen LogP contribution in [0.4, 0.5) is 0 Å². The number of hydrogen-bond acceptors (Lipinski definition) is 5. The topological polar surface area (TPSA) is 98.0 Å². The van der Waals surface area contributed by atoms with E-state index in [1.165, 1.54) is 11.3 Å². The number of rotatable bonds is 1. The number of carbonyl (C=O) groups is 1. The normalized spacial score (nSPS) is 33.5. The largest absolute Gasteiger partial charge is 0.479 e. The van der Waals surface area contributed by atoms with E-state index in [9.17, 15) is 20.1 Å². The summed E-state index contributed by atoms with van der Waals surface area (Å²) in [5, 5.41) is 38.3. The lowest BCUT2D eigenvalue weighted by atomic mass is 9.80. The second-order valence-electron chi connectivity index (χ2n) is 4.02. The molecule has 5 nitrogen and oxygen atoms in total. The smallest absolute Gasteiger partial charge is 0.340 e. The zero-order valence-corrected chi connectivity index (χ0v) is 9.36. The molecule has 0 bridgehead atoms. The fourth-order valence-corrected chi connectivity index (χ4v) is 3.12. The van der Waals surface area contributed by atoms with Gasteiger partial charge in [0.15, 0.2) is 5.60 Å². The summed E-state index contributed by atoms with van der Waals surface area (Å²) in [6, 6.07) is 1.54. The molecule has 1 heterocycles. The van der Waals surface area contributed by atoms with Crippen LogP contribution in [0.25, 0.3) is 0 Å². The molecule has 0 amide bonds. The van der Waals surface area contributed by atoms with Crippen LogP contribution in [0.3, 0.4) is 0 Å². The van der Waals surface area contributed by atoms with Gasteiger partial charge in [-0.2, -0.15) is 0 Å². The predicted molar refractivity (Wildman–Crippen MR) is 56.2 cm³/mol. The quantitative estimate of drug-likeness (QED) is 0.563. The van der Waals surface area contributed by atoms with Gasteiger partial charge in [0.05, 0.1) is 6.10 Å². The molecular weight excluding hydrogens is 232 g/mol. The van der Waals surface area contributed by atoms with Gasteiger partial charge in [-0.1, -0.05) is 0 Å². The third-order valence-corrected chi connectivity index (χ3v) is 3.94. The molecule has 16 heavy (non-hydrogen) atoms. The van der Waals surface area contributed by atoms with Crippen molar-refractivity contribution in [1.29, 1.82) is 0 Å². The molecule has 4 N–H and O–H groups in total. The first-order chi connectivity index (χ1) is 7.36. The molecule has 1 aliphatic carbocycles. The van der Waals surface area contributed by atoms with Crippen LogP contribution in [0, 0.1) is 6.92 Å². The minimum atomic E-state index is -2.10. The van der Waals surface area contributed by atoms with Crippen molar-refractivity contribution in [2.24, 2.45) is 0 Å². The van der Waals surface area contributed by atoms with Crippen molar-refractivity contribution in [2.45, 2.75) is 31.2 Å². The number of aliphatic carboxylic acids is 1. The van der Waals surface area contributed by atoms with E-state index in [-0.39, 0.29) is 5.56 Å². The van der Waals surface area contributed by atoms with Crippen molar-refractivity contribution in [3.05, 3.63) is 21.4 Å². The molecule has 0 aliphatic heterocycles. The molecule has 0 saturated heterocycles. The van der Waals surface area contributed by atoms with Crippen LogP contribution in [0.1, 0.15) is 27.8 Å². The highest BCUT2D eigenvalue weighted by atomic mass is 32.1. The van der Waals surface area contributed by atoms with Crippen molar-refractivity contribution in [3.8, 4) is 0 Å². The van der Waals surface area contributed by atoms with E-state index in [1.54, 1.807) is 13.0 Å². The summed E-state index contributed by atoms with van der Waals surface area (Å²) in [6.45, 7) is 1.75. The molecule has 1 aliphatic rings. The maximum atomic E-state index is 11.1. The Bertz CT molecular complexity index is 440. The number of carboxylic acids is 1. The van der Waals surface area contributed by atoms with E-state index in [0.29, 0.717) is 4.88 Å². The third-order valence-electron chi connectivity index (χ3n) is 2.82. The van der Waals surface area contributed by atoms with Gasteiger partial charge in [-0.05, 0) is 13.0 Å². The van der Waals surface area contributed by atoms with E-state index in [1.807, 2.05) is 0 Å². The summed E-state index contributed by atoms with van der Waals surface area (Å²) in [6.07, 6.45) is -2.77. The maximum absolute atomic E-state index is 11.1. The molecule has 88 valence electrons. The van der Waals surface area contributed by atoms with Gasteiger partial charge in [0.1, 0.15) is 6.10 Å². The van der Waals surface area contributed by atoms with E-state index < -0.39 is 30.2 Å². The molecule has 0 saturated carbocycles. The predicted octanol–water partition coefficient (Wildman–Crippen LogP) is 0.127. The minimum Gasteiger partial charge on any atom is -0.479 e. The first kappa shape index (κ1) is 11.5. The van der Waals surface area contributed by atoms with Gasteiger partial charge in [-0.3, -0.25) is 0 Å². The van der Waals surface area contributed by atoms with Gasteiger partial charge in [0.2, 0.25) is 0 Å². The highest BCUT2D eigenvalue weighted by Gasteiger charge is 2.49. The van der Waals surface area contributed by atoms with Gasteiger partial charge in [-0.15, -0.1) is 11.3 Å². The second-order valence-corrected chi connectivity index (χ2v) is 5.30. The standard InChI is InChI=1S/C10H12O5S/c1-4-2-5-8(16-4)7(12)6(11)3-10(5,15)9(13)14/h2,6-7,11-12,15H,3H2,1H3,(H,13,14)/t6-,7+,10+/m1/s1. The number of aliphatic hydroxyl groups is 3. The Hall–Kier alpha value is -0.950. The molecule has 1 aromatic heterocycles. The highest BCUT2D eigenvalue weighted by Crippen LogP contribution is 2.44. The molecule has 0 spiro atoms. The van der Waals surface area contributed by atoms with Crippen LogP contribution in [-0.4, -0.2) is 32.5 Å². The average Bonchev–Trinajstić information content (AvgIpc) is 2.57. The van der Waals surface area contributed by atoms with Gasteiger partial charge in [0.25, 0.3) is 0 Å². The molecule has 0 fully saturated rings. The van der Waals surface area contributed by atoms with Crippen LogP contribution in [0.15, 0.2) is 6.07 Å². The Balaban J connectivity index is 2.61. The van der Waals surface area contributed by atoms with E-state index in [0.717, 1.165) is 4.88 Å². The maximum Gasteiger partial charge on any atom is 0.340 e. The lowest BCUT2D eigenvalue weighted by Crippen LogP contribution is -2.44. The SMILES string of the molecule is Cc1cc2c(s1)[C@@H](O)[C@H](O)C[C@@]2(O)C(=O)O. The van der Waals surface area contributed by atoms with Crippen molar-refractivity contribution < 1.29 is 25.2 Å². The van der Waals surface area contributed by atoms with Crippen molar-refractivity contribution in [2.75, 3.05) is 0 Å². The number of thiophene rings is 1. The molecular formula is C10H12O5S. The van der Waals surface area contributed by atoms with E-state index in [4.69, 9.17) is 5.11 Å². The fourth-order valence-electron chi connectivity index (χ4n) is 1.98.